The van der Waals surface area contributed by atoms with E-state index < -0.39 is 16.8 Å². The molecule has 0 heterocycles. The van der Waals surface area contributed by atoms with Gasteiger partial charge in [-0.15, -0.1) is 0 Å². The van der Waals surface area contributed by atoms with Crippen LogP contribution < -0.4 is 21.1 Å². The van der Waals surface area contributed by atoms with Crippen LogP contribution in [0.5, 0.6) is 5.75 Å². The van der Waals surface area contributed by atoms with Crippen LogP contribution in [0.1, 0.15) is 17.3 Å². The molecule has 0 saturated carbocycles. The minimum Gasteiger partial charge on any atom is -0.495 e. The number of anilines is 1. The zero-order valence-electron chi connectivity index (χ0n) is 10.9. The summed E-state index contributed by atoms with van der Waals surface area (Å²) >= 11 is 3.13. The number of benzene rings is 1. The summed E-state index contributed by atoms with van der Waals surface area (Å²) in [5.41, 5.74) is 5.36. The van der Waals surface area contributed by atoms with E-state index in [9.17, 15) is 14.4 Å². The molecule has 1 atom stereocenters. The number of alkyl halides is 1. The molecule has 1 aromatic rings. The van der Waals surface area contributed by atoms with Gasteiger partial charge in [0.15, 0.2) is 0 Å². The lowest BCUT2D eigenvalue weighted by Crippen LogP contribution is -2.35. The van der Waals surface area contributed by atoms with Crippen LogP contribution in [0.2, 0.25) is 0 Å². The molecule has 1 aromatic carbocycles. The second kappa shape index (κ2) is 6.90. The van der Waals surface area contributed by atoms with Crippen LogP contribution in [0, 0.1) is 0 Å². The molecule has 8 heteroatoms. The van der Waals surface area contributed by atoms with Gasteiger partial charge in [-0.1, -0.05) is 15.9 Å². The smallest absolute Gasteiger partial charge is 0.319 e. The maximum absolute atomic E-state index is 11.7. The Kier molecular flexibility index (Phi) is 5.51. The topological polar surface area (TPSA) is 111 Å². The Morgan fingerprint density at radius 2 is 2.00 bits per heavy atom. The first-order valence-electron chi connectivity index (χ1n) is 5.59. The van der Waals surface area contributed by atoms with Crippen LogP contribution in [0.3, 0.4) is 0 Å². The first-order valence-corrected chi connectivity index (χ1v) is 6.50. The number of rotatable bonds is 4. The van der Waals surface area contributed by atoms with Crippen LogP contribution in [-0.2, 0) is 4.79 Å². The van der Waals surface area contributed by atoms with Gasteiger partial charge < -0.3 is 15.8 Å². The molecular formula is C12H14BrN3O4. The lowest BCUT2D eigenvalue weighted by Gasteiger charge is -2.12. The highest BCUT2D eigenvalue weighted by atomic mass is 79.9. The van der Waals surface area contributed by atoms with Crippen molar-refractivity contribution in [2.24, 2.45) is 5.73 Å². The summed E-state index contributed by atoms with van der Waals surface area (Å²) in [6.07, 6.45) is 0. The molecule has 0 aromatic heterocycles. The van der Waals surface area contributed by atoms with Gasteiger partial charge in [-0.2, -0.15) is 0 Å². The summed E-state index contributed by atoms with van der Waals surface area (Å²) in [5, 5.41) is 4.54. The van der Waals surface area contributed by atoms with Gasteiger partial charge in [-0.3, -0.25) is 14.9 Å². The van der Waals surface area contributed by atoms with Crippen LogP contribution in [0.4, 0.5) is 10.5 Å². The Labute approximate surface area is 124 Å². The number of amides is 4. The minimum absolute atomic E-state index is 0.169. The second-order valence-electron chi connectivity index (χ2n) is 3.84. The first-order chi connectivity index (χ1) is 9.35. The zero-order valence-corrected chi connectivity index (χ0v) is 12.5. The molecule has 108 valence electrons. The Balaban J connectivity index is 3.05. The molecule has 20 heavy (non-hydrogen) atoms. The first kappa shape index (κ1) is 16.0. The lowest BCUT2D eigenvalue weighted by molar-refractivity contribution is -0.115. The molecular weight excluding hydrogens is 330 g/mol. The summed E-state index contributed by atoms with van der Waals surface area (Å²) in [6.45, 7) is 1.66. The molecule has 4 amide bonds. The van der Waals surface area contributed by atoms with Crippen LogP contribution in [0.25, 0.3) is 0 Å². The lowest BCUT2D eigenvalue weighted by atomic mass is 10.1. The Bertz CT molecular complexity index is 546. The average molecular weight is 344 g/mol. The van der Waals surface area contributed by atoms with Crippen LogP contribution in [-0.4, -0.2) is 29.8 Å². The van der Waals surface area contributed by atoms with Gasteiger partial charge in [-0.25, -0.2) is 4.79 Å². The predicted octanol–water partition coefficient (Wildman–Crippen LogP) is 1.23. The highest BCUT2D eigenvalue weighted by Gasteiger charge is 2.15. The average Bonchev–Trinajstić information content (AvgIpc) is 2.37. The number of methoxy groups -OCH3 is 1. The van der Waals surface area contributed by atoms with Gasteiger partial charge in [0, 0.05) is 5.56 Å². The molecule has 0 bridgehead atoms. The van der Waals surface area contributed by atoms with Gasteiger partial charge in [0.05, 0.1) is 17.6 Å². The number of hydrogen-bond acceptors (Lipinski definition) is 4. The number of nitrogens with two attached hydrogens (primary N) is 1. The highest BCUT2D eigenvalue weighted by molar-refractivity contribution is 9.10. The van der Waals surface area contributed by atoms with Gasteiger partial charge in [-0.05, 0) is 25.1 Å². The molecule has 4 N–H and O–H groups in total. The number of hydrogen-bond donors (Lipinski definition) is 3. The minimum atomic E-state index is -0.953. The maximum Gasteiger partial charge on any atom is 0.319 e. The van der Waals surface area contributed by atoms with E-state index in [1.54, 1.807) is 6.92 Å². The van der Waals surface area contributed by atoms with E-state index >= 15 is 0 Å². The fraction of sp³-hybridized carbons (Fsp3) is 0.250. The van der Waals surface area contributed by atoms with Crippen molar-refractivity contribution in [1.29, 1.82) is 0 Å². The van der Waals surface area contributed by atoms with E-state index in [-0.39, 0.29) is 11.5 Å². The van der Waals surface area contributed by atoms with Crippen molar-refractivity contribution in [3.05, 3.63) is 23.8 Å². The Morgan fingerprint density at radius 3 is 2.50 bits per heavy atom. The number of ether oxygens (including phenoxy) is 1. The standard InChI is InChI=1S/C12H14BrN3O4/c1-6(13)10(17)15-8-5-7(3-4-9(8)20-2)11(18)16-12(14)19/h3-6H,1-2H3,(H,15,17)(H3,14,16,18,19)/t6-/m0/s1. The molecule has 0 saturated heterocycles. The maximum atomic E-state index is 11.7. The van der Waals surface area contributed by atoms with E-state index in [4.69, 9.17) is 10.5 Å². The van der Waals surface area contributed by atoms with E-state index in [2.05, 4.69) is 21.2 Å². The highest BCUT2D eigenvalue weighted by Crippen LogP contribution is 2.26. The van der Waals surface area contributed by atoms with Crippen molar-refractivity contribution >= 4 is 39.5 Å². The normalized spacial score (nSPS) is 11.3. The van der Waals surface area contributed by atoms with Crippen molar-refractivity contribution in [1.82, 2.24) is 5.32 Å². The summed E-state index contributed by atoms with van der Waals surface area (Å²) in [6, 6.07) is 3.39. The largest absolute Gasteiger partial charge is 0.495 e. The molecule has 0 spiro atoms. The second-order valence-corrected chi connectivity index (χ2v) is 5.21. The predicted molar refractivity (Wildman–Crippen MR) is 77.1 cm³/mol. The van der Waals surface area contributed by atoms with Crippen molar-refractivity contribution in [3.63, 3.8) is 0 Å². The molecule has 7 nitrogen and oxygen atoms in total. The van der Waals surface area contributed by atoms with Gasteiger partial charge >= 0.3 is 6.03 Å². The number of urea groups is 1. The van der Waals surface area contributed by atoms with E-state index in [1.165, 1.54) is 25.3 Å². The van der Waals surface area contributed by atoms with E-state index in [1.807, 2.05) is 5.32 Å². The third-order valence-electron chi connectivity index (χ3n) is 2.32. The number of nitrogens with one attached hydrogen (secondary N) is 2. The number of primary amides is 1. The summed E-state index contributed by atoms with van der Waals surface area (Å²) < 4.78 is 5.09. The van der Waals surface area contributed by atoms with Gasteiger partial charge in [0.1, 0.15) is 5.75 Å². The molecule has 0 radical (unpaired) electrons. The summed E-state index contributed by atoms with van der Waals surface area (Å²) in [5.74, 6) is -0.569. The van der Waals surface area contributed by atoms with Crippen molar-refractivity contribution in [2.45, 2.75) is 11.8 Å². The molecule has 1 rings (SSSR count). The zero-order chi connectivity index (χ0) is 15.3. The number of imide groups is 1. The summed E-state index contributed by atoms with van der Waals surface area (Å²) in [7, 11) is 1.44. The van der Waals surface area contributed by atoms with E-state index in [0.29, 0.717) is 11.4 Å². The summed E-state index contributed by atoms with van der Waals surface area (Å²) in [4.78, 5) is 33.5. The number of carbonyl (C=O) groups is 3. The van der Waals surface area contributed by atoms with Gasteiger partial charge in [0.25, 0.3) is 5.91 Å². The monoisotopic (exact) mass is 343 g/mol. The quantitative estimate of drug-likeness (QED) is 0.713. The Hall–Kier alpha value is -2.09. The molecule has 0 unspecified atom stereocenters. The van der Waals surface area contributed by atoms with Crippen molar-refractivity contribution in [2.75, 3.05) is 12.4 Å². The third kappa shape index (κ3) is 4.23. The fourth-order valence-electron chi connectivity index (χ4n) is 1.36. The SMILES string of the molecule is COc1ccc(C(=O)NC(N)=O)cc1NC(=O)[C@H](C)Br. The Morgan fingerprint density at radius 1 is 1.35 bits per heavy atom. The van der Waals surface area contributed by atoms with E-state index in [0.717, 1.165) is 0 Å². The van der Waals surface area contributed by atoms with Crippen molar-refractivity contribution < 1.29 is 19.1 Å². The third-order valence-corrected chi connectivity index (χ3v) is 2.73. The fourth-order valence-corrected chi connectivity index (χ4v) is 1.48. The van der Waals surface area contributed by atoms with Crippen molar-refractivity contribution in [3.8, 4) is 5.75 Å². The molecule has 0 fully saturated rings. The number of halogens is 1. The van der Waals surface area contributed by atoms with Gasteiger partial charge in [0.2, 0.25) is 5.91 Å². The van der Waals surface area contributed by atoms with Crippen LogP contribution in [0.15, 0.2) is 18.2 Å². The van der Waals surface area contributed by atoms with Crippen LogP contribution >= 0.6 is 15.9 Å². The molecule has 0 aliphatic rings. The molecule has 0 aliphatic carbocycles. The number of carbonyl (C=O) groups excluding carboxylic acids is 3. The molecule has 0 aliphatic heterocycles.